The van der Waals surface area contributed by atoms with Crippen LogP contribution >= 0.6 is 0 Å². The molecule has 2 atom stereocenters. The number of allylic oxidation sites excluding steroid dienone is 1. The Balaban J connectivity index is 1.50. The first kappa shape index (κ1) is 22.3. The predicted octanol–water partition coefficient (Wildman–Crippen LogP) is 7.18. The molecule has 1 aromatic carbocycles. The van der Waals surface area contributed by atoms with Crippen molar-refractivity contribution in [3.63, 3.8) is 0 Å². The van der Waals surface area contributed by atoms with Crippen LogP contribution in [0.2, 0.25) is 0 Å². The SMILES string of the molecule is C=CCCC1CCC(C2CCC(c3ccc(OCCCC)c(F)c3F)CC2)OC1. The molecule has 0 radical (unpaired) electrons. The van der Waals surface area contributed by atoms with Crippen molar-refractivity contribution < 1.29 is 18.3 Å². The average molecular weight is 407 g/mol. The monoisotopic (exact) mass is 406 g/mol. The molecule has 2 nitrogen and oxygen atoms in total. The summed E-state index contributed by atoms with van der Waals surface area (Å²) in [6, 6.07) is 3.33. The van der Waals surface area contributed by atoms with Gasteiger partial charge in [0.05, 0.1) is 12.7 Å². The van der Waals surface area contributed by atoms with Crippen LogP contribution in [0.15, 0.2) is 24.8 Å². The van der Waals surface area contributed by atoms with Crippen molar-refractivity contribution in [3.8, 4) is 5.75 Å². The summed E-state index contributed by atoms with van der Waals surface area (Å²) < 4.78 is 40.7. The zero-order valence-corrected chi connectivity index (χ0v) is 17.8. The summed E-state index contributed by atoms with van der Waals surface area (Å²) in [7, 11) is 0. The fourth-order valence-corrected chi connectivity index (χ4v) is 4.88. The van der Waals surface area contributed by atoms with Crippen molar-refractivity contribution in [1.82, 2.24) is 0 Å². The second kappa shape index (κ2) is 11.1. The molecule has 1 heterocycles. The fraction of sp³-hybridized carbons (Fsp3) is 0.680. The van der Waals surface area contributed by atoms with Crippen molar-refractivity contribution in [2.24, 2.45) is 11.8 Å². The number of halogens is 2. The van der Waals surface area contributed by atoms with Crippen LogP contribution in [-0.4, -0.2) is 19.3 Å². The Kier molecular flexibility index (Phi) is 8.53. The van der Waals surface area contributed by atoms with Crippen LogP contribution in [0, 0.1) is 23.5 Å². The van der Waals surface area contributed by atoms with E-state index in [0.29, 0.717) is 30.1 Å². The maximum Gasteiger partial charge on any atom is 0.200 e. The molecule has 2 fully saturated rings. The van der Waals surface area contributed by atoms with E-state index in [4.69, 9.17) is 9.47 Å². The highest BCUT2D eigenvalue weighted by Gasteiger charge is 2.33. The Hall–Kier alpha value is -1.42. The summed E-state index contributed by atoms with van der Waals surface area (Å²) in [4.78, 5) is 0. The summed E-state index contributed by atoms with van der Waals surface area (Å²) in [5.41, 5.74) is 0.512. The summed E-state index contributed by atoms with van der Waals surface area (Å²) in [5.74, 6) is -0.209. The molecule has 1 saturated heterocycles. The van der Waals surface area contributed by atoms with E-state index >= 15 is 0 Å². The third-order valence-corrected chi connectivity index (χ3v) is 6.75. The molecule has 29 heavy (non-hydrogen) atoms. The lowest BCUT2D eigenvalue weighted by Crippen LogP contribution is -2.34. The van der Waals surface area contributed by atoms with Gasteiger partial charge in [-0.3, -0.25) is 0 Å². The first-order valence-corrected chi connectivity index (χ1v) is 11.5. The standard InChI is InChI=1S/C25H36F2O2/c1-3-5-7-18-8-14-22(29-17-18)20-11-9-19(10-12-20)21-13-15-23(25(27)24(21)26)28-16-6-4-2/h3,13,15,18-20,22H,1,4-12,14,16-17H2,2H3. The van der Waals surface area contributed by atoms with Gasteiger partial charge in [0, 0.05) is 6.61 Å². The maximum atomic E-state index is 14.7. The minimum atomic E-state index is -0.832. The lowest BCUT2D eigenvalue weighted by molar-refractivity contribution is -0.0573. The molecule has 0 N–H and O–H groups in total. The van der Waals surface area contributed by atoms with E-state index in [-0.39, 0.29) is 11.7 Å². The Labute approximate surface area is 174 Å². The van der Waals surface area contributed by atoms with Crippen molar-refractivity contribution >= 4 is 0 Å². The molecule has 4 heteroatoms. The molecule has 3 rings (SSSR count). The predicted molar refractivity (Wildman–Crippen MR) is 113 cm³/mol. The molecule has 1 aliphatic heterocycles. The summed E-state index contributed by atoms with van der Waals surface area (Å²) in [5, 5.41) is 0. The van der Waals surface area contributed by atoms with Crippen LogP contribution in [0.1, 0.15) is 82.6 Å². The van der Waals surface area contributed by atoms with Crippen molar-refractivity contribution in [1.29, 1.82) is 0 Å². The normalized spacial score (nSPS) is 27.6. The maximum absolute atomic E-state index is 14.7. The Bertz CT molecular complexity index is 644. The van der Waals surface area contributed by atoms with Gasteiger partial charge in [0.15, 0.2) is 11.6 Å². The van der Waals surface area contributed by atoms with Gasteiger partial charge in [-0.25, -0.2) is 4.39 Å². The Morgan fingerprint density at radius 2 is 1.90 bits per heavy atom. The van der Waals surface area contributed by atoms with E-state index in [1.165, 1.54) is 12.8 Å². The van der Waals surface area contributed by atoms with Crippen molar-refractivity contribution in [2.75, 3.05) is 13.2 Å². The zero-order valence-electron chi connectivity index (χ0n) is 17.8. The molecule has 1 aromatic rings. The van der Waals surface area contributed by atoms with E-state index in [0.717, 1.165) is 58.0 Å². The fourth-order valence-electron chi connectivity index (χ4n) is 4.88. The lowest BCUT2D eigenvalue weighted by Gasteiger charge is -2.38. The van der Waals surface area contributed by atoms with Crippen LogP contribution < -0.4 is 4.74 Å². The van der Waals surface area contributed by atoms with Gasteiger partial charge in [0.2, 0.25) is 5.82 Å². The molecular formula is C25H36F2O2. The smallest absolute Gasteiger partial charge is 0.200 e. The second-order valence-corrected chi connectivity index (χ2v) is 8.78. The molecule has 1 aliphatic carbocycles. The van der Waals surface area contributed by atoms with Gasteiger partial charge < -0.3 is 9.47 Å². The van der Waals surface area contributed by atoms with Crippen LogP contribution in [0.3, 0.4) is 0 Å². The van der Waals surface area contributed by atoms with Gasteiger partial charge in [0.25, 0.3) is 0 Å². The number of benzene rings is 1. The van der Waals surface area contributed by atoms with E-state index in [1.54, 1.807) is 12.1 Å². The minimum Gasteiger partial charge on any atom is -0.490 e. The van der Waals surface area contributed by atoms with E-state index in [9.17, 15) is 8.78 Å². The summed E-state index contributed by atoms with van der Waals surface area (Å²) in [6.07, 6.45) is 12.6. The molecule has 162 valence electrons. The second-order valence-electron chi connectivity index (χ2n) is 8.78. The number of ether oxygens (including phenoxy) is 2. The van der Waals surface area contributed by atoms with Gasteiger partial charge in [-0.2, -0.15) is 4.39 Å². The van der Waals surface area contributed by atoms with Crippen molar-refractivity contribution in [3.05, 3.63) is 42.0 Å². The molecule has 2 unspecified atom stereocenters. The van der Waals surface area contributed by atoms with Crippen LogP contribution in [-0.2, 0) is 4.74 Å². The van der Waals surface area contributed by atoms with Gasteiger partial charge in [0.1, 0.15) is 0 Å². The van der Waals surface area contributed by atoms with E-state index in [1.807, 2.05) is 13.0 Å². The third-order valence-electron chi connectivity index (χ3n) is 6.75. The highest BCUT2D eigenvalue weighted by atomic mass is 19.2. The number of hydrogen-bond donors (Lipinski definition) is 0. The molecule has 1 saturated carbocycles. The quantitative estimate of drug-likeness (QED) is 0.319. The van der Waals surface area contributed by atoms with Gasteiger partial charge in [-0.05, 0) is 87.2 Å². The van der Waals surface area contributed by atoms with Crippen LogP contribution in [0.4, 0.5) is 8.78 Å². The zero-order chi connectivity index (χ0) is 20.6. The van der Waals surface area contributed by atoms with Gasteiger partial charge in [-0.15, -0.1) is 6.58 Å². The highest BCUT2D eigenvalue weighted by Crippen LogP contribution is 2.42. The third kappa shape index (κ3) is 5.81. The molecule has 2 aliphatic rings. The first-order chi connectivity index (χ1) is 14.1. The topological polar surface area (TPSA) is 18.5 Å². The van der Waals surface area contributed by atoms with E-state index < -0.39 is 11.6 Å². The average Bonchev–Trinajstić information content (AvgIpc) is 2.76. The number of rotatable bonds is 9. The van der Waals surface area contributed by atoms with E-state index in [2.05, 4.69) is 6.58 Å². The minimum absolute atomic E-state index is 0.0370. The number of unbranched alkanes of at least 4 members (excludes halogenated alkanes) is 1. The molecule has 0 spiro atoms. The van der Waals surface area contributed by atoms with Gasteiger partial charge >= 0.3 is 0 Å². The van der Waals surface area contributed by atoms with Crippen LogP contribution in [0.5, 0.6) is 5.75 Å². The highest BCUT2D eigenvalue weighted by molar-refractivity contribution is 5.33. The molecule has 0 bridgehead atoms. The Morgan fingerprint density at radius 1 is 1.10 bits per heavy atom. The Morgan fingerprint density at radius 3 is 2.55 bits per heavy atom. The van der Waals surface area contributed by atoms with Crippen LogP contribution in [0.25, 0.3) is 0 Å². The van der Waals surface area contributed by atoms with Crippen molar-refractivity contribution in [2.45, 2.75) is 83.2 Å². The first-order valence-electron chi connectivity index (χ1n) is 11.5. The number of hydrogen-bond acceptors (Lipinski definition) is 2. The van der Waals surface area contributed by atoms with Gasteiger partial charge in [-0.1, -0.05) is 25.5 Å². The molecule has 0 aromatic heterocycles. The summed E-state index contributed by atoms with van der Waals surface area (Å²) in [6.45, 7) is 7.12. The summed E-state index contributed by atoms with van der Waals surface area (Å²) >= 11 is 0. The largest absolute Gasteiger partial charge is 0.490 e. The molecule has 0 amide bonds. The lowest BCUT2D eigenvalue weighted by atomic mass is 9.75. The molecular weight excluding hydrogens is 370 g/mol.